The molecule has 0 atom stereocenters. The van der Waals surface area contributed by atoms with Crippen LogP contribution in [-0.4, -0.2) is 25.4 Å². The molecule has 6 heteroatoms. The van der Waals surface area contributed by atoms with Gasteiger partial charge in [0.25, 0.3) is 0 Å². The van der Waals surface area contributed by atoms with Crippen molar-refractivity contribution in [2.45, 2.75) is 13.3 Å². The number of nitrogens with one attached hydrogen (secondary N) is 1. The van der Waals surface area contributed by atoms with Crippen LogP contribution in [0, 0.1) is 0 Å². The predicted molar refractivity (Wildman–Crippen MR) is 59.2 cm³/mol. The molecule has 6 nitrogen and oxygen atoms in total. The van der Waals surface area contributed by atoms with Crippen LogP contribution in [0.5, 0.6) is 0 Å². The summed E-state index contributed by atoms with van der Waals surface area (Å²) in [5.41, 5.74) is 1.61. The Labute approximate surface area is 92.9 Å². The number of carbonyl (C=O) groups is 1. The van der Waals surface area contributed by atoms with Gasteiger partial charge in [0, 0.05) is 25.6 Å². The van der Waals surface area contributed by atoms with Crippen molar-refractivity contribution < 1.29 is 4.79 Å². The Kier molecular flexibility index (Phi) is 2.72. The third-order valence-corrected chi connectivity index (χ3v) is 2.22. The summed E-state index contributed by atoms with van der Waals surface area (Å²) in [6, 6.07) is -0.236. The zero-order valence-electron chi connectivity index (χ0n) is 9.21. The number of nitrogens with zero attached hydrogens (tertiary/aromatic N) is 4. The first kappa shape index (κ1) is 10.4. The lowest BCUT2D eigenvalue weighted by Crippen LogP contribution is -2.18. The molecule has 16 heavy (non-hydrogen) atoms. The van der Waals surface area contributed by atoms with Crippen molar-refractivity contribution in [2.75, 3.05) is 5.32 Å². The molecule has 0 spiro atoms. The standard InChI is InChI=1S/C10H13N5O/c1-3-8-9(6-14(2)13-8)12-10(16)15-5-4-11-7-15/h4-7H,3H2,1-2H3,(H,12,16). The van der Waals surface area contributed by atoms with Crippen molar-refractivity contribution in [1.29, 1.82) is 0 Å². The van der Waals surface area contributed by atoms with Gasteiger partial charge in [-0.15, -0.1) is 0 Å². The van der Waals surface area contributed by atoms with Gasteiger partial charge in [-0.25, -0.2) is 9.78 Å². The highest BCUT2D eigenvalue weighted by molar-refractivity contribution is 5.91. The van der Waals surface area contributed by atoms with Gasteiger partial charge >= 0.3 is 6.03 Å². The van der Waals surface area contributed by atoms with Crippen LogP contribution in [0.2, 0.25) is 0 Å². The number of anilines is 1. The molecule has 84 valence electrons. The summed E-state index contributed by atoms with van der Waals surface area (Å²) in [6.07, 6.45) is 7.17. The zero-order valence-corrected chi connectivity index (χ0v) is 9.21. The van der Waals surface area contributed by atoms with Crippen LogP contribution >= 0.6 is 0 Å². The molecule has 2 rings (SSSR count). The maximum atomic E-state index is 11.7. The number of hydrogen-bond acceptors (Lipinski definition) is 3. The fraction of sp³-hybridized carbons (Fsp3) is 0.300. The first-order valence-corrected chi connectivity index (χ1v) is 5.02. The summed E-state index contributed by atoms with van der Waals surface area (Å²) in [5.74, 6) is 0. The van der Waals surface area contributed by atoms with E-state index in [1.807, 2.05) is 14.0 Å². The van der Waals surface area contributed by atoms with Crippen molar-refractivity contribution in [3.8, 4) is 0 Å². The van der Waals surface area contributed by atoms with Gasteiger partial charge in [0.1, 0.15) is 6.33 Å². The van der Waals surface area contributed by atoms with E-state index >= 15 is 0 Å². The highest BCUT2D eigenvalue weighted by Crippen LogP contribution is 2.13. The molecule has 2 aromatic rings. The lowest BCUT2D eigenvalue weighted by molar-refractivity contribution is 0.253. The summed E-state index contributed by atoms with van der Waals surface area (Å²) in [5, 5.41) is 7.03. The highest BCUT2D eigenvalue weighted by Gasteiger charge is 2.10. The quantitative estimate of drug-likeness (QED) is 0.826. The second-order valence-corrected chi connectivity index (χ2v) is 3.42. The molecule has 0 fully saturated rings. The Morgan fingerprint density at radius 1 is 1.56 bits per heavy atom. The van der Waals surface area contributed by atoms with Crippen LogP contribution in [0.1, 0.15) is 12.6 Å². The van der Waals surface area contributed by atoms with Crippen LogP contribution in [-0.2, 0) is 13.5 Å². The molecular weight excluding hydrogens is 206 g/mol. The number of aromatic nitrogens is 4. The van der Waals surface area contributed by atoms with E-state index in [2.05, 4.69) is 15.4 Å². The maximum Gasteiger partial charge on any atom is 0.331 e. The molecule has 0 aliphatic rings. The molecule has 2 heterocycles. The number of hydrogen-bond donors (Lipinski definition) is 1. The minimum Gasteiger partial charge on any atom is -0.304 e. The average molecular weight is 219 g/mol. The third kappa shape index (κ3) is 1.95. The molecule has 0 aliphatic heterocycles. The second kappa shape index (κ2) is 4.18. The summed E-state index contributed by atoms with van der Waals surface area (Å²) in [6.45, 7) is 2.00. The van der Waals surface area contributed by atoms with E-state index in [0.29, 0.717) is 0 Å². The first-order chi connectivity index (χ1) is 7.70. The molecule has 1 N–H and O–H groups in total. The molecule has 0 bridgehead atoms. The lowest BCUT2D eigenvalue weighted by atomic mass is 10.3. The summed E-state index contributed by atoms with van der Waals surface area (Å²) < 4.78 is 3.06. The van der Waals surface area contributed by atoms with Gasteiger partial charge in [-0.05, 0) is 6.42 Å². The van der Waals surface area contributed by atoms with Gasteiger partial charge < -0.3 is 5.32 Å². The van der Waals surface area contributed by atoms with Crippen LogP contribution < -0.4 is 5.32 Å². The Hall–Kier alpha value is -2.11. The largest absolute Gasteiger partial charge is 0.331 e. The minimum atomic E-state index is -0.236. The Morgan fingerprint density at radius 3 is 3.00 bits per heavy atom. The first-order valence-electron chi connectivity index (χ1n) is 5.02. The second-order valence-electron chi connectivity index (χ2n) is 3.42. The lowest BCUT2D eigenvalue weighted by Gasteiger charge is -2.03. The van der Waals surface area contributed by atoms with Crippen LogP contribution in [0.15, 0.2) is 24.9 Å². The smallest absolute Gasteiger partial charge is 0.304 e. The van der Waals surface area contributed by atoms with E-state index in [1.54, 1.807) is 23.3 Å². The van der Waals surface area contributed by atoms with Gasteiger partial charge in [-0.2, -0.15) is 5.10 Å². The van der Waals surface area contributed by atoms with E-state index in [1.165, 1.54) is 10.9 Å². The molecular formula is C10H13N5O. The minimum absolute atomic E-state index is 0.236. The monoisotopic (exact) mass is 219 g/mol. The molecule has 1 amide bonds. The van der Waals surface area contributed by atoms with Crippen molar-refractivity contribution in [3.63, 3.8) is 0 Å². The fourth-order valence-electron chi connectivity index (χ4n) is 1.46. The van der Waals surface area contributed by atoms with E-state index in [0.717, 1.165) is 17.8 Å². The predicted octanol–water partition coefficient (Wildman–Crippen LogP) is 1.26. The van der Waals surface area contributed by atoms with Gasteiger partial charge in [-0.1, -0.05) is 6.92 Å². The number of imidazole rings is 1. The number of amides is 1. The van der Waals surface area contributed by atoms with E-state index in [4.69, 9.17) is 0 Å². The highest BCUT2D eigenvalue weighted by atomic mass is 16.2. The van der Waals surface area contributed by atoms with E-state index < -0.39 is 0 Å². The molecule has 0 aromatic carbocycles. The number of carbonyl (C=O) groups excluding carboxylic acids is 1. The maximum absolute atomic E-state index is 11.7. The molecule has 0 unspecified atom stereocenters. The Balaban J connectivity index is 2.17. The zero-order chi connectivity index (χ0) is 11.5. The third-order valence-electron chi connectivity index (χ3n) is 2.22. The molecule has 2 aromatic heterocycles. The Morgan fingerprint density at radius 2 is 2.38 bits per heavy atom. The number of rotatable bonds is 2. The normalized spacial score (nSPS) is 10.4. The molecule has 0 radical (unpaired) electrons. The molecule has 0 saturated carbocycles. The molecule has 0 aliphatic carbocycles. The van der Waals surface area contributed by atoms with Gasteiger partial charge in [0.05, 0.1) is 11.4 Å². The van der Waals surface area contributed by atoms with Crippen LogP contribution in [0.25, 0.3) is 0 Å². The fourth-order valence-corrected chi connectivity index (χ4v) is 1.46. The summed E-state index contributed by atoms with van der Waals surface area (Å²) >= 11 is 0. The van der Waals surface area contributed by atoms with Gasteiger partial charge in [0.15, 0.2) is 0 Å². The van der Waals surface area contributed by atoms with Gasteiger partial charge in [-0.3, -0.25) is 9.25 Å². The van der Waals surface area contributed by atoms with E-state index in [9.17, 15) is 4.79 Å². The average Bonchev–Trinajstić information content (AvgIpc) is 2.87. The van der Waals surface area contributed by atoms with Crippen LogP contribution in [0.4, 0.5) is 10.5 Å². The summed E-state index contributed by atoms with van der Waals surface area (Å²) in [7, 11) is 1.83. The van der Waals surface area contributed by atoms with Crippen LogP contribution in [0.3, 0.4) is 0 Å². The summed E-state index contributed by atoms with van der Waals surface area (Å²) in [4.78, 5) is 15.5. The van der Waals surface area contributed by atoms with E-state index in [-0.39, 0.29) is 6.03 Å². The van der Waals surface area contributed by atoms with Crippen molar-refractivity contribution in [3.05, 3.63) is 30.6 Å². The number of aryl methyl sites for hydroxylation is 2. The van der Waals surface area contributed by atoms with Crippen molar-refractivity contribution in [1.82, 2.24) is 19.3 Å². The van der Waals surface area contributed by atoms with Gasteiger partial charge in [0.2, 0.25) is 0 Å². The van der Waals surface area contributed by atoms with Crippen molar-refractivity contribution in [2.24, 2.45) is 7.05 Å². The topological polar surface area (TPSA) is 64.7 Å². The SMILES string of the molecule is CCc1nn(C)cc1NC(=O)n1ccnc1. The molecule has 0 saturated heterocycles. The Bertz CT molecular complexity index is 485. The van der Waals surface area contributed by atoms with Crippen molar-refractivity contribution >= 4 is 11.7 Å².